The first-order valence-corrected chi connectivity index (χ1v) is 13.5. The van der Waals surface area contributed by atoms with E-state index in [-0.39, 0.29) is 0 Å². The monoisotopic (exact) mass is 518 g/mol. The molecule has 1 heteroatoms. The van der Waals surface area contributed by atoms with Gasteiger partial charge in [-0.05, 0) is 67.1 Å². The van der Waals surface area contributed by atoms with Crippen molar-refractivity contribution in [3.05, 3.63) is 169 Å². The molecule has 39 heavy (non-hydrogen) atoms. The van der Waals surface area contributed by atoms with Gasteiger partial charge in [0, 0.05) is 5.02 Å². The summed E-state index contributed by atoms with van der Waals surface area (Å²) in [6.07, 6.45) is 0. The van der Waals surface area contributed by atoms with Crippen molar-refractivity contribution in [2.75, 3.05) is 0 Å². The van der Waals surface area contributed by atoms with Crippen LogP contribution >= 0.6 is 11.6 Å². The molecule has 0 aliphatic carbocycles. The lowest BCUT2D eigenvalue weighted by Crippen LogP contribution is -1.90. The van der Waals surface area contributed by atoms with Crippen molar-refractivity contribution < 1.29 is 0 Å². The van der Waals surface area contributed by atoms with E-state index in [0.29, 0.717) is 0 Å². The zero-order valence-electron chi connectivity index (χ0n) is 21.5. The van der Waals surface area contributed by atoms with E-state index >= 15 is 0 Å². The van der Waals surface area contributed by atoms with E-state index in [1.807, 2.05) is 24.3 Å². The highest BCUT2D eigenvalue weighted by Gasteiger charge is 2.15. The van der Waals surface area contributed by atoms with Gasteiger partial charge < -0.3 is 0 Å². The molecule has 0 aliphatic rings. The van der Waals surface area contributed by atoms with E-state index in [1.54, 1.807) is 0 Å². The summed E-state index contributed by atoms with van der Waals surface area (Å²) in [5.41, 5.74) is 7.53. The molecule has 186 valence electrons. The maximum absolute atomic E-state index is 6.14. The van der Waals surface area contributed by atoms with Crippen LogP contribution in [0.4, 0.5) is 0 Å². The molecule has 0 aromatic heterocycles. The van der Waals surface area contributed by atoms with E-state index in [2.05, 4.69) is 140 Å². The third-order valence-corrected chi connectivity index (χ3v) is 7.26. The average Bonchev–Trinajstić information content (AvgIpc) is 3.02. The Kier molecular flexibility index (Phi) is 7.21. The van der Waals surface area contributed by atoms with E-state index < -0.39 is 0 Å². The Hall–Kier alpha value is -4.65. The first-order valence-electron chi connectivity index (χ1n) is 13.1. The lowest BCUT2D eigenvalue weighted by molar-refractivity contribution is 1.62. The number of rotatable bonds is 3. The molecule has 0 saturated carbocycles. The molecule has 0 radical (unpaired) electrons. The van der Waals surface area contributed by atoms with Crippen molar-refractivity contribution in [1.29, 1.82) is 0 Å². The number of halogens is 1. The molecule has 0 bridgehead atoms. The molecule has 0 unspecified atom stereocenters. The van der Waals surface area contributed by atoms with Gasteiger partial charge in [-0.2, -0.15) is 0 Å². The van der Waals surface area contributed by atoms with E-state index in [1.165, 1.54) is 54.9 Å². The van der Waals surface area contributed by atoms with E-state index in [9.17, 15) is 0 Å². The Morgan fingerprint density at radius 1 is 0.256 bits per heavy atom. The van der Waals surface area contributed by atoms with E-state index in [4.69, 9.17) is 11.6 Å². The fourth-order valence-corrected chi connectivity index (χ4v) is 5.36. The Labute approximate surface area is 234 Å². The number of benzene rings is 7. The van der Waals surface area contributed by atoms with Crippen LogP contribution in [-0.2, 0) is 0 Å². The van der Waals surface area contributed by atoms with Crippen molar-refractivity contribution in [3.8, 4) is 33.4 Å². The molecule has 0 saturated heterocycles. The lowest BCUT2D eigenvalue weighted by atomic mass is 9.86. The summed E-state index contributed by atoms with van der Waals surface area (Å²) in [5.74, 6) is 0. The van der Waals surface area contributed by atoms with Crippen LogP contribution in [0.3, 0.4) is 0 Å². The second kappa shape index (κ2) is 11.4. The summed E-state index contributed by atoms with van der Waals surface area (Å²) in [5, 5.41) is 5.82. The molecule has 0 aliphatic heterocycles. The molecule has 0 fully saturated rings. The normalized spacial score (nSPS) is 10.7. The predicted molar refractivity (Wildman–Crippen MR) is 169 cm³/mol. The van der Waals surface area contributed by atoms with Crippen LogP contribution in [0.5, 0.6) is 0 Å². The number of hydrogen-bond acceptors (Lipinski definition) is 0. The minimum atomic E-state index is 0.758. The average molecular weight is 519 g/mol. The van der Waals surface area contributed by atoms with Crippen molar-refractivity contribution in [3.63, 3.8) is 0 Å². The predicted octanol–water partition coefficient (Wildman–Crippen LogP) is 11.3. The zero-order chi connectivity index (χ0) is 26.4. The van der Waals surface area contributed by atoms with Crippen molar-refractivity contribution in [2.45, 2.75) is 0 Å². The smallest absolute Gasteiger partial charge is 0.0406 e. The molecule has 0 N–H and O–H groups in total. The highest BCUT2D eigenvalue weighted by atomic mass is 35.5. The summed E-state index contributed by atoms with van der Waals surface area (Å²) < 4.78 is 0. The second-order valence-corrected chi connectivity index (χ2v) is 9.88. The maximum Gasteiger partial charge on any atom is 0.0406 e. The fraction of sp³-hybridized carbons (Fsp3) is 0. The molecule has 7 aromatic rings. The third-order valence-electron chi connectivity index (χ3n) is 7.01. The maximum atomic E-state index is 6.14. The van der Waals surface area contributed by atoms with Crippen LogP contribution in [0.25, 0.3) is 54.9 Å². The lowest BCUT2D eigenvalue weighted by Gasteiger charge is -2.17. The van der Waals surface area contributed by atoms with Crippen molar-refractivity contribution in [1.82, 2.24) is 0 Å². The summed E-state index contributed by atoms with van der Waals surface area (Å²) in [4.78, 5) is 0. The SMILES string of the molecule is Clc1ccc(-c2c3ccccc3c(-c3ccccc3)c3ccccc23)cc1.c1ccc(-c2ccccc2)cc1. The molecular weight excluding hydrogens is 492 g/mol. The molecular formula is C38H27Cl. The third kappa shape index (κ3) is 5.21. The number of hydrogen-bond donors (Lipinski definition) is 0. The summed E-state index contributed by atoms with van der Waals surface area (Å²) in [7, 11) is 0. The standard InChI is InChI=1S/C26H17Cl.C12H10/c27-20-16-14-19(15-17-20)26-23-12-6-4-10-21(23)25(18-8-2-1-3-9-18)22-11-5-7-13-24(22)26;1-3-7-11(8-4-1)12-9-5-2-6-10-12/h1-17H;1-10H. The van der Waals surface area contributed by atoms with Gasteiger partial charge in [0.25, 0.3) is 0 Å². The van der Waals surface area contributed by atoms with Gasteiger partial charge in [-0.1, -0.05) is 163 Å². The Bertz CT molecular complexity index is 1730. The first-order chi connectivity index (χ1) is 19.3. The minimum Gasteiger partial charge on any atom is -0.0843 e. The van der Waals surface area contributed by atoms with Gasteiger partial charge in [0.2, 0.25) is 0 Å². The zero-order valence-corrected chi connectivity index (χ0v) is 22.2. The van der Waals surface area contributed by atoms with Crippen molar-refractivity contribution in [2.24, 2.45) is 0 Å². The van der Waals surface area contributed by atoms with Crippen LogP contribution in [0.1, 0.15) is 0 Å². The molecule has 0 amide bonds. The first kappa shape index (κ1) is 24.7. The van der Waals surface area contributed by atoms with Crippen LogP contribution in [0.2, 0.25) is 5.02 Å². The number of fused-ring (bicyclic) bond motifs is 2. The Morgan fingerprint density at radius 3 is 0.897 bits per heavy atom. The highest BCUT2D eigenvalue weighted by molar-refractivity contribution is 6.30. The van der Waals surface area contributed by atoms with Gasteiger partial charge in [0.1, 0.15) is 0 Å². The van der Waals surface area contributed by atoms with Crippen LogP contribution < -0.4 is 0 Å². The molecule has 7 aromatic carbocycles. The topological polar surface area (TPSA) is 0 Å². The summed E-state index contributed by atoms with van der Waals surface area (Å²) >= 11 is 6.14. The molecule has 0 heterocycles. The van der Waals surface area contributed by atoms with Crippen molar-refractivity contribution >= 4 is 33.1 Å². The van der Waals surface area contributed by atoms with E-state index in [0.717, 1.165) is 5.02 Å². The Balaban J connectivity index is 0.000000193. The molecule has 0 atom stereocenters. The van der Waals surface area contributed by atoms with Gasteiger partial charge >= 0.3 is 0 Å². The fourth-order valence-electron chi connectivity index (χ4n) is 5.23. The van der Waals surface area contributed by atoms with Gasteiger partial charge in [0.05, 0.1) is 0 Å². The van der Waals surface area contributed by atoms with Gasteiger partial charge in [-0.15, -0.1) is 0 Å². The van der Waals surface area contributed by atoms with Gasteiger partial charge in [-0.25, -0.2) is 0 Å². The Morgan fingerprint density at radius 2 is 0.538 bits per heavy atom. The largest absolute Gasteiger partial charge is 0.0843 e. The summed E-state index contributed by atoms with van der Waals surface area (Å²) in [6.45, 7) is 0. The van der Waals surface area contributed by atoms with Crippen LogP contribution in [-0.4, -0.2) is 0 Å². The molecule has 0 spiro atoms. The van der Waals surface area contributed by atoms with Gasteiger partial charge in [0.15, 0.2) is 0 Å². The quantitative estimate of drug-likeness (QED) is 0.204. The summed E-state index contributed by atoms with van der Waals surface area (Å²) in [6, 6.07) is 56.9. The second-order valence-electron chi connectivity index (χ2n) is 9.45. The minimum absolute atomic E-state index is 0.758. The van der Waals surface area contributed by atoms with Gasteiger partial charge in [-0.3, -0.25) is 0 Å². The van der Waals surface area contributed by atoms with Crippen LogP contribution in [0, 0.1) is 0 Å². The molecule has 0 nitrogen and oxygen atoms in total. The molecule has 7 rings (SSSR count). The highest BCUT2D eigenvalue weighted by Crippen LogP contribution is 2.43. The van der Waals surface area contributed by atoms with Crippen LogP contribution in [0.15, 0.2) is 164 Å².